The molecule has 0 saturated heterocycles. The summed E-state index contributed by atoms with van der Waals surface area (Å²) in [5, 5.41) is 17.0. The van der Waals surface area contributed by atoms with Crippen LogP contribution in [-0.4, -0.2) is 62.9 Å². The second-order valence-corrected chi connectivity index (χ2v) is 3.51. The van der Waals surface area contributed by atoms with E-state index in [0.29, 0.717) is 0 Å². The maximum atomic E-state index is 10.4. The zero-order valence-electron chi connectivity index (χ0n) is 13.5. The molecule has 1 rings (SSSR count). The minimum Gasteiger partial charge on any atom is -0.478 e. The number of carbonyl (C=O) groups is 4. The molecular weight excluding hydrogens is 328 g/mol. The van der Waals surface area contributed by atoms with Crippen molar-refractivity contribution in [2.24, 2.45) is 0 Å². The van der Waals surface area contributed by atoms with Crippen LogP contribution in [0.5, 0.6) is 0 Å². The predicted octanol–water partition coefficient (Wildman–Crippen LogP) is 1.88. The van der Waals surface area contributed by atoms with Crippen LogP contribution in [0.2, 0.25) is 0 Å². The first kappa shape index (κ1) is 23.0. The summed E-state index contributed by atoms with van der Waals surface area (Å²) in [6.45, 7) is 0. The number of aromatic carboxylic acids is 2. The van der Waals surface area contributed by atoms with Crippen LogP contribution >= 0.6 is 0 Å². The molecule has 0 aliphatic heterocycles. The highest BCUT2D eigenvalue weighted by atomic mass is 16.7. The first-order valence-electron chi connectivity index (χ1n) is 6.03. The quantitative estimate of drug-likeness (QED) is 0.761. The molecule has 24 heavy (non-hydrogen) atoms. The standard InChI is InChI=1S/C8H6O4.2C3H6O3/c9-7(10)5-2-1-3-6(4-5)8(11)12;2*1-5-3(4)6-2/h1-4H,(H,9,10)(H,11,12);2*1-2H3. The van der Waals surface area contributed by atoms with Gasteiger partial charge in [0.15, 0.2) is 0 Å². The zero-order valence-corrected chi connectivity index (χ0v) is 13.5. The Morgan fingerprint density at radius 2 is 1.00 bits per heavy atom. The number of ether oxygens (including phenoxy) is 4. The van der Waals surface area contributed by atoms with Crippen LogP contribution in [0.4, 0.5) is 9.59 Å². The van der Waals surface area contributed by atoms with Crippen LogP contribution in [0.3, 0.4) is 0 Å². The Labute approximate surface area is 137 Å². The molecule has 1 aromatic carbocycles. The molecule has 0 bridgehead atoms. The number of carboxylic acids is 2. The maximum Gasteiger partial charge on any atom is 0.507 e. The largest absolute Gasteiger partial charge is 0.507 e. The summed E-state index contributed by atoms with van der Waals surface area (Å²) in [6.07, 6.45) is -1.31. The van der Waals surface area contributed by atoms with Crippen LogP contribution in [0.25, 0.3) is 0 Å². The highest BCUT2D eigenvalue weighted by molar-refractivity contribution is 5.93. The van der Waals surface area contributed by atoms with E-state index in [1.807, 2.05) is 0 Å². The fourth-order valence-corrected chi connectivity index (χ4v) is 0.952. The normalized spacial score (nSPS) is 8.17. The molecule has 10 nitrogen and oxygen atoms in total. The molecule has 0 atom stereocenters. The van der Waals surface area contributed by atoms with Crippen LogP contribution in [0.1, 0.15) is 20.7 Å². The molecule has 1 aromatic rings. The van der Waals surface area contributed by atoms with E-state index in [1.165, 1.54) is 46.6 Å². The van der Waals surface area contributed by atoms with Crippen LogP contribution in [-0.2, 0) is 18.9 Å². The summed E-state index contributed by atoms with van der Waals surface area (Å²) in [7, 11) is 5.02. The molecule has 134 valence electrons. The average molecular weight is 346 g/mol. The van der Waals surface area contributed by atoms with E-state index in [-0.39, 0.29) is 11.1 Å². The van der Waals surface area contributed by atoms with Gasteiger partial charge in [0.2, 0.25) is 0 Å². The Hall–Kier alpha value is -3.30. The van der Waals surface area contributed by atoms with Gasteiger partial charge in [-0.25, -0.2) is 19.2 Å². The minimum absolute atomic E-state index is 0.0186. The van der Waals surface area contributed by atoms with Crippen LogP contribution < -0.4 is 0 Å². The van der Waals surface area contributed by atoms with E-state index in [9.17, 15) is 19.2 Å². The molecule has 0 heterocycles. The highest BCUT2D eigenvalue weighted by Gasteiger charge is 2.06. The second kappa shape index (κ2) is 13.4. The highest BCUT2D eigenvalue weighted by Crippen LogP contribution is 2.04. The number of methoxy groups -OCH3 is 4. The molecule has 0 radical (unpaired) electrons. The van der Waals surface area contributed by atoms with E-state index >= 15 is 0 Å². The monoisotopic (exact) mass is 346 g/mol. The van der Waals surface area contributed by atoms with Gasteiger partial charge in [-0.15, -0.1) is 0 Å². The van der Waals surface area contributed by atoms with Gasteiger partial charge in [0.05, 0.1) is 39.6 Å². The van der Waals surface area contributed by atoms with Gasteiger partial charge in [-0.2, -0.15) is 0 Å². The van der Waals surface area contributed by atoms with Crippen molar-refractivity contribution < 1.29 is 48.3 Å². The first-order chi connectivity index (χ1) is 11.2. The fourth-order valence-electron chi connectivity index (χ4n) is 0.952. The number of carbonyl (C=O) groups excluding carboxylic acids is 2. The summed E-state index contributed by atoms with van der Waals surface area (Å²) in [5.41, 5.74) is -0.0372. The van der Waals surface area contributed by atoms with E-state index in [0.717, 1.165) is 6.07 Å². The SMILES string of the molecule is COC(=O)OC.COC(=O)OC.O=C(O)c1cccc(C(=O)O)c1. The molecule has 0 spiro atoms. The van der Waals surface area contributed by atoms with Crippen molar-refractivity contribution in [3.8, 4) is 0 Å². The van der Waals surface area contributed by atoms with E-state index in [2.05, 4.69) is 18.9 Å². The second-order valence-electron chi connectivity index (χ2n) is 3.51. The van der Waals surface area contributed by atoms with Crippen molar-refractivity contribution in [1.82, 2.24) is 0 Å². The number of benzene rings is 1. The summed E-state index contributed by atoms with van der Waals surface area (Å²) < 4.78 is 16.2. The lowest BCUT2D eigenvalue weighted by Crippen LogP contribution is -2.01. The molecular formula is C14H18O10. The lowest BCUT2D eigenvalue weighted by molar-refractivity contribution is 0.0696. The lowest BCUT2D eigenvalue weighted by Gasteiger charge is -1.95. The summed E-state index contributed by atoms with van der Waals surface area (Å²) in [4.78, 5) is 40.2. The average Bonchev–Trinajstić information content (AvgIpc) is 2.61. The van der Waals surface area contributed by atoms with Gasteiger partial charge in [-0.3, -0.25) is 0 Å². The Balaban J connectivity index is 0. The third-order valence-corrected chi connectivity index (χ3v) is 2.02. The summed E-state index contributed by atoms with van der Waals surface area (Å²) >= 11 is 0. The topological polar surface area (TPSA) is 146 Å². The minimum atomic E-state index is -1.13. The third-order valence-electron chi connectivity index (χ3n) is 2.02. The molecule has 0 aromatic heterocycles. The molecule has 0 fully saturated rings. The molecule has 2 N–H and O–H groups in total. The Morgan fingerprint density at radius 1 is 0.708 bits per heavy atom. The molecule has 0 aliphatic rings. The van der Waals surface area contributed by atoms with Crippen molar-refractivity contribution in [2.75, 3.05) is 28.4 Å². The van der Waals surface area contributed by atoms with E-state index < -0.39 is 24.2 Å². The number of rotatable bonds is 2. The Morgan fingerprint density at radius 3 is 1.17 bits per heavy atom. The fraction of sp³-hybridized carbons (Fsp3) is 0.286. The molecule has 0 unspecified atom stereocenters. The van der Waals surface area contributed by atoms with Gasteiger partial charge in [-0.05, 0) is 18.2 Å². The number of hydrogen-bond donors (Lipinski definition) is 2. The Kier molecular flexibility index (Phi) is 12.8. The first-order valence-corrected chi connectivity index (χ1v) is 6.03. The molecule has 0 saturated carbocycles. The third kappa shape index (κ3) is 11.4. The van der Waals surface area contributed by atoms with Crippen molar-refractivity contribution in [1.29, 1.82) is 0 Å². The molecule has 0 amide bonds. The van der Waals surface area contributed by atoms with Gasteiger partial charge in [0.1, 0.15) is 0 Å². The Bertz CT molecular complexity index is 495. The number of hydrogen-bond acceptors (Lipinski definition) is 8. The van der Waals surface area contributed by atoms with Gasteiger partial charge < -0.3 is 29.2 Å². The zero-order chi connectivity index (χ0) is 19.1. The van der Waals surface area contributed by atoms with Crippen LogP contribution in [0, 0.1) is 0 Å². The van der Waals surface area contributed by atoms with E-state index in [1.54, 1.807) is 0 Å². The van der Waals surface area contributed by atoms with Gasteiger partial charge in [0, 0.05) is 0 Å². The lowest BCUT2D eigenvalue weighted by atomic mass is 10.1. The van der Waals surface area contributed by atoms with E-state index in [4.69, 9.17) is 10.2 Å². The van der Waals surface area contributed by atoms with Crippen molar-refractivity contribution in [3.05, 3.63) is 35.4 Å². The van der Waals surface area contributed by atoms with Crippen molar-refractivity contribution in [2.45, 2.75) is 0 Å². The molecule has 10 heteroatoms. The number of carboxylic acid groups (broad SMARTS) is 2. The smallest absolute Gasteiger partial charge is 0.478 e. The summed E-state index contributed by atoms with van der Waals surface area (Å²) in [5.74, 6) is -2.25. The summed E-state index contributed by atoms with van der Waals surface area (Å²) in [6, 6.07) is 5.20. The maximum absolute atomic E-state index is 10.4. The molecule has 0 aliphatic carbocycles. The van der Waals surface area contributed by atoms with Gasteiger partial charge in [0.25, 0.3) is 0 Å². The van der Waals surface area contributed by atoms with Crippen LogP contribution in [0.15, 0.2) is 24.3 Å². The van der Waals surface area contributed by atoms with Crippen molar-refractivity contribution >= 4 is 24.2 Å². The van der Waals surface area contributed by atoms with Gasteiger partial charge in [-0.1, -0.05) is 6.07 Å². The van der Waals surface area contributed by atoms with Crippen molar-refractivity contribution in [3.63, 3.8) is 0 Å². The predicted molar refractivity (Wildman–Crippen MR) is 79.2 cm³/mol. The van der Waals surface area contributed by atoms with Gasteiger partial charge >= 0.3 is 24.2 Å².